The number of para-hydroxylation sites is 1. The molecule has 0 radical (unpaired) electrons. The summed E-state index contributed by atoms with van der Waals surface area (Å²) < 4.78 is 12.0. The van der Waals surface area contributed by atoms with Crippen molar-refractivity contribution in [2.45, 2.75) is 6.92 Å². The van der Waals surface area contributed by atoms with Crippen molar-refractivity contribution in [2.75, 3.05) is 17.7 Å². The van der Waals surface area contributed by atoms with E-state index in [-0.39, 0.29) is 5.91 Å². The van der Waals surface area contributed by atoms with Crippen molar-refractivity contribution in [3.8, 4) is 34.5 Å². The number of aryl methyl sites for hydroxylation is 1. The zero-order valence-corrected chi connectivity index (χ0v) is 20.8. The molecule has 9 nitrogen and oxygen atoms in total. The molecule has 0 unspecified atom stereocenters. The number of hydrogen-bond donors (Lipinski definition) is 2. The molecule has 2 heterocycles. The number of aromatic nitrogens is 4. The maximum absolute atomic E-state index is 13.0. The molecular formula is C29H24N6O3. The Hall–Kier alpha value is -5.31. The first kappa shape index (κ1) is 24.4. The third-order valence-electron chi connectivity index (χ3n) is 5.54. The largest absolute Gasteiger partial charge is 0.457 e. The van der Waals surface area contributed by atoms with Crippen molar-refractivity contribution >= 4 is 17.5 Å². The van der Waals surface area contributed by atoms with Crippen LogP contribution in [0, 0.1) is 6.92 Å². The fourth-order valence-corrected chi connectivity index (χ4v) is 3.61. The highest BCUT2D eigenvalue weighted by molar-refractivity contribution is 6.04. The van der Waals surface area contributed by atoms with Gasteiger partial charge in [-0.05, 0) is 61.0 Å². The minimum absolute atomic E-state index is 0.276. The second-order valence-electron chi connectivity index (χ2n) is 8.22. The highest BCUT2D eigenvalue weighted by atomic mass is 16.5. The molecule has 5 aromatic rings. The first-order valence-corrected chi connectivity index (χ1v) is 11.8. The van der Waals surface area contributed by atoms with E-state index in [1.165, 1.54) is 6.33 Å². The molecule has 0 fully saturated rings. The molecule has 0 aliphatic carbocycles. The predicted octanol–water partition coefficient (Wildman–Crippen LogP) is 6.12. The Morgan fingerprint density at radius 2 is 1.66 bits per heavy atom. The zero-order chi connectivity index (χ0) is 26.3. The minimum atomic E-state index is -0.276. The first-order valence-electron chi connectivity index (χ1n) is 11.8. The molecule has 0 bridgehead atoms. The van der Waals surface area contributed by atoms with Crippen LogP contribution in [0.3, 0.4) is 0 Å². The second kappa shape index (κ2) is 11.2. The van der Waals surface area contributed by atoms with Gasteiger partial charge >= 0.3 is 0 Å². The standard InChI is InChI=1S/C29H24N6O3/c1-19-13-14-21(34-27(36)20-8-6-11-23(16-20)37-22-9-4-3-5-10-22)17-25(19)38-28-24(12-7-15-31-28)26-32-18-33-29(30-2)35-26/h3-18H,1-2H3,(H,34,36)(H,30,32,33,35). The lowest BCUT2D eigenvalue weighted by Crippen LogP contribution is -2.12. The van der Waals surface area contributed by atoms with Gasteiger partial charge in [0, 0.05) is 30.6 Å². The fourth-order valence-electron chi connectivity index (χ4n) is 3.61. The molecule has 0 aliphatic heterocycles. The second-order valence-corrected chi connectivity index (χ2v) is 8.22. The number of hydrogen-bond acceptors (Lipinski definition) is 8. The molecule has 9 heteroatoms. The van der Waals surface area contributed by atoms with E-state index in [0.29, 0.717) is 51.7 Å². The maximum Gasteiger partial charge on any atom is 0.255 e. The number of amides is 1. The number of carbonyl (C=O) groups excluding carboxylic acids is 1. The van der Waals surface area contributed by atoms with Gasteiger partial charge in [-0.1, -0.05) is 30.3 Å². The molecular weight excluding hydrogens is 480 g/mol. The van der Waals surface area contributed by atoms with Gasteiger partial charge in [-0.2, -0.15) is 4.98 Å². The Morgan fingerprint density at radius 1 is 0.816 bits per heavy atom. The molecule has 0 aliphatic rings. The van der Waals surface area contributed by atoms with Gasteiger partial charge in [0.25, 0.3) is 5.91 Å². The number of benzene rings is 3. The zero-order valence-electron chi connectivity index (χ0n) is 20.8. The van der Waals surface area contributed by atoms with E-state index in [1.54, 1.807) is 49.6 Å². The van der Waals surface area contributed by atoms with E-state index < -0.39 is 0 Å². The molecule has 2 aromatic heterocycles. The summed E-state index contributed by atoms with van der Waals surface area (Å²) in [5, 5.41) is 5.83. The Bertz CT molecular complexity index is 1580. The summed E-state index contributed by atoms with van der Waals surface area (Å²) in [6, 6.07) is 25.4. The number of carbonyl (C=O) groups is 1. The molecule has 38 heavy (non-hydrogen) atoms. The molecule has 0 spiro atoms. The van der Waals surface area contributed by atoms with E-state index in [0.717, 1.165) is 5.56 Å². The van der Waals surface area contributed by atoms with Gasteiger partial charge in [0.15, 0.2) is 5.82 Å². The molecule has 3 aromatic carbocycles. The summed E-state index contributed by atoms with van der Waals surface area (Å²) in [6.07, 6.45) is 3.05. The quantitative estimate of drug-likeness (QED) is 0.260. The van der Waals surface area contributed by atoms with Gasteiger partial charge in [0.05, 0.1) is 5.56 Å². The van der Waals surface area contributed by atoms with Crippen LogP contribution in [0.1, 0.15) is 15.9 Å². The van der Waals surface area contributed by atoms with Gasteiger partial charge in [-0.3, -0.25) is 4.79 Å². The van der Waals surface area contributed by atoms with Crippen LogP contribution in [0.4, 0.5) is 11.6 Å². The highest BCUT2D eigenvalue weighted by Gasteiger charge is 2.15. The lowest BCUT2D eigenvalue weighted by molar-refractivity contribution is 0.102. The van der Waals surface area contributed by atoms with Gasteiger partial charge in [0.2, 0.25) is 11.8 Å². The van der Waals surface area contributed by atoms with E-state index in [4.69, 9.17) is 9.47 Å². The molecule has 0 saturated heterocycles. The van der Waals surface area contributed by atoms with Crippen LogP contribution in [0.15, 0.2) is 97.5 Å². The molecule has 0 saturated carbocycles. The number of anilines is 2. The maximum atomic E-state index is 13.0. The normalized spacial score (nSPS) is 10.5. The Balaban J connectivity index is 1.35. The minimum Gasteiger partial charge on any atom is -0.457 e. The summed E-state index contributed by atoms with van der Waals surface area (Å²) in [5.74, 6) is 2.71. The van der Waals surface area contributed by atoms with E-state index in [9.17, 15) is 4.79 Å². The Morgan fingerprint density at radius 3 is 2.50 bits per heavy atom. The van der Waals surface area contributed by atoms with Gasteiger partial charge in [0.1, 0.15) is 23.6 Å². The van der Waals surface area contributed by atoms with Crippen LogP contribution < -0.4 is 20.1 Å². The Kier molecular flexibility index (Phi) is 7.17. The fraction of sp³-hybridized carbons (Fsp3) is 0.0690. The summed E-state index contributed by atoms with van der Waals surface area (Å²) in [7, 11) is 1.73. The number of pyridine rings is 1. The van der Waals surface area contributed by atoms with Crippen molar-refractivity contribution in [3.05, 3.63) is 109 Å². The van der Waals surface area contributed by atoms with E-state index >= 15 is 0 Å². The molecule has 0 atom stereocenters. The first-order chi connectivity index (χ1) is 18.6. The van der Waals surface area contributed by atoms with Crippen LogP contribution in [0.25, 0.3) is 11.4 Å². The number of nitrogens with one attached hydrogen (secondary N) is 2. The number of nitrogens with zero attached hydrogens (tertiary/aromatic N) is 4. The average molecular weight is 505 g/mol. The van der Waals surface area contributed by atoms with Gasteiger partial charge < -0.3 is 20.1 Å². The summed E-state index contributed by atoms with van der Waals surface area (Å²) in [5.41, 5.74) is 2.50. The monoisotopic (exact) mass is 504 g/mol. The summed E-state index contributed by atoms with van der Waals surface area (Å²) in [4.78, 5) is 30.1. The third-order valence-corrected chi connectivity index (χ3v) is 5.54. The van der Waals surface area contributed by atoms with Crippen LogP contribution in [0.2, 0.25) is 0 Å². The number of ether oxygens (including phenoxy) is 2. The highest BCUT2D eigenvalue weighted by Crippen LogP contribution is 2.33. The predicted molar refractivity (Wildman–Crippen MR) is 145 cm³/mol. The molecule has 1 amide bonds. The van der Waals surface area contributed by atoms with E-state index in [1.807, 2.05) is 55.5 Å². The lowest BCUT2D eigenvalue weighted by atomic mass is 10.1. The molecule has 2 N–H and O–H groups in total. The molecule has 5 rings (SSSR count). The summed E-state index contributed by atoms with van der Waals surface area (Å²) in [6.45, 7) is 1.91. The van der Waals surface area contributed by atoms with Gasteiger partial charge in [-0.25, -0.2) is 15.0 Å². The van der Waals surface area contributed by atoms with Crippen molar-refractivity contribution in [3.63, 3.8) is 0 Å². The average Bonchev–Trinajstić information content (AvgIpc) is 2.96. The van der Waals surface area contributed by atoms with Crippen LogP contribution >= 0.6 is 0 Å². The number of rotatable bonds is 8. The summed E-state index contributed by atoms with van der Waals surface area (Å²) >= 11 is 0. The van der Waals surface area contributed by atoms with Gasteiger partial charge in [-0.15, -0.1) is 0 Å². The van der Waals surface area contributed by atoms with Crippen molar-refractivity contribution < 1.29 is 14.3 Å². The van der Waals surface area contributed by atoms with Crippen LogP contribution in [-0.2, 0) is 0 Å². The Labute approximate surface area is 219 Å². The van der Waals surface area contributed by atoms with Crippen molar-refractivity contribution in [1.29, 1.82) is 0 Å². The lowest BCUT2D eigenvalue weighted by Gasteiger charge is -2.13. The van der Waals surface area contributed by atoms with Crippen molar-refractivity contribution in [2.24, 2.45) is 0 Å². The third kappa shape index (κ3) is 5.73. The smallest absolute Gasteiger partial charge is 0.255 e. The SMILES string of the molecule is CNc1ncnc(-c2cccnc2Oc2cc(NC(=O)c3cccc(Oc4ccccc4)c3)ccc2C)n1. The van der Waals surface area contributed by atoms with Crippen LogP contribution in [0.5, 0.6) is 23.1 Å². The molecule has 188 valence electrons. The topological polar surface area (TPSA) is 111 Å². The van der Waals surface area contributed by atoms with Crippen molar-refractivity contribution in [1.82, 2.24) is 19.9 Å². The van der Waals surface area contributed by atoms with E-state index in [2.05, 4.69) is 30.6 Å². The van der Waals surface area contributed by atoms with Crippen LogP contribution in [-0.4, -0.2) is 32.9 Å².